The molecule has 1 aliphatic heterocycles. The van der Waals surface area contributed by atoms with Crippen molar-refractivity contribution in [1.82, 2.24) is 4.90 Å². The van der Waals surface area contributed by atoms with E-state index in [1.165, 1.54) is 5.56 Å². The lowest BCUT2D eigenvalue weighted by atomic mass is 9.85. The Bertz CT molecular complexity index is 386. The molecule has 0 aromatic heterocycles. The van der Waals surface area contributed by atoms with Gasteiger partial charge in [-0.1, -0.05) is 30.3 Å². The molecule has 1 heterocycles. The smallest absolute Gasteiger partial charge is 0.218 e. The highest BCUT2D eigenvalue weighted by Gasteiger charge is 2.44. The summed E-state index contributed by atoms with van der Waals surface area (Å²) in [5.74, 6) is -0.250. The Balaban J connectivity index is 1.95. The molecule has 0 unspecified atom stereocenters. The van der Waals surface area contributed by atoms with Crippen LogP contribution in [0, 0.1) is 0 Å². The maximum atomic E-state index is 10.7. The van der Waals surface area contributed by atoms with E-state index in [0.29, 0.717) is 13.0 Å². The minimum atomic E-state index is -0.250. The Morgan fingerprint density at radius 3 is 2.59 bits per heavy atom. The molecule has 1 aliphatic rings. The number of likely N-dealkylation sites (tertiary alicyclic amines) is 1. The maximum Gasteiger partial charge on any atom is 0.218 e. The van der Waals surface area contributed by atoms with Gasteiger partial charge < -0.3 is 10.5 Å². The van der Waals surface area contributed by atoms with Crippen LogP contribution >= 0.6 is 0 Å². The summed E-state index contributed by atoms with van der Waals surface area (Å²) < 4.78 is 5.64. The molecule has 17 heavy (non-hydrogen) atoms. The summed E-state index contributed by atoms with van der Waals surface area (Å²) in [5.41, 5.74) is 6.12. The van der Waals surface area contributed by atoms with Gasteiger partial charge >= 0.3 is 0 Å². The van der Waals surface area contributed by atoms with E-state index in [4.69, 9.17) is 10.5 Å². The van der Waals surface area contributed by atoms with Crippen LogP contribution in [0.3, 0.4) is 0 Å². The number of carbonyl (C=O) groups excluding carboxylic acids is 1. The van der Waals surface area contributed by atoms with Crippen LogP contribution in [0.25, 0.3) is 0 Å². The number of ether oxygens (including phenoxy) is 1. The average molecular weight is 234 g/mol. The van der Waals surface area contributed by atoms with E-state index in [2.05, 4.69) is 17.0 Å². The standard InChI is InChI=1S/C13H18N2O2/c1-17-13(11-5-3-2-4-6-11)9-15(10-13)8-7-12(14)16/h2-6H,7-10H2,1H3,(H2,14,16). The first kappa shape index (κ1) is 12.1. The van der Waals surface area contributed by atoms with E-state index in [0.717, 1.165) is 13.1 Å². The Labute approximate surface area is 101 Å². The first-order valence-corrected chi connectivity index (χ1v) is 5.78. The van der Waals surface area contributed by atoms with E-state index in [1.807, 2.05) is 18.2 Å². The van der Waals surface area contributed by atoms with Gasteiger partial charge in [-0.25, -0.2) is 0 Å². The van der Waals surface area contributed by atoms with Gasteiger partial charge in [-0.2, -0.15) is 0 Å². The Hall–Kier alpha value is -1.39. The minimum absolute atomic E-state index is 0.209. The van der Waals surface area contributed by atoms with E-state index in [9.17, 15) is 4.79 Å². The summed E-state index contributed by atoms with van der Waals surface area (Å²) >= 11 is 0. The number of hydrogen-bond donors (Lipinski definition) is 1. The van der Waals surface area contributed by atoms with Crippen LogP contribution in [0.4, 0.5) is 0 Å². The molecule has 0 atom stereocenters. The molecular weight excluding hydrogens is 216 g/mol. The predicted octanol–water partition coefficient (Wildman–Crippen LogP) is 0.719. The molecule has 1 aromatic carbocycles. The molecule has 1 aromatic rings. The van der Waals surface area contributed by atoms with Crippen LogP contribution in [0.15, 0.2) is 30.3 Å². The number of rotatable bonds is 5. The molecule has 0 saturated carbocycles. The van der Waals surface area contributed by atoms with Crippen LogP contribution in [-0.4, -0.2) is 37.6 Å². The molecular formula is C13H18N2O2. The summed E-state index contributed by atoms with van der Waals surface area (Å²) in [7, 11) is 1.73. The van der Waals surface area contributed by atoms with Crippen molar-refractivity contribution in [2.75, 3.05) is 26.7 Å². The third-order valence-electron chi connectivity index (χ3n) is 3.32. The molecule has 1 fully saturated rings. The third-order valence-corrected chi connectivity index (χ3v) is 3.32. The second-order valence-electron chi connectivity index (χ2n) is 4.49. The Kier molecular flexibility index (Phi) is 3.45. The van der Waals surface area contributed by atoms with Crippen molar-refractivity contribution in [2.45, 2.75) is 12.0 Å². The second kappa shape index (κ2) is 4.85. The van der Waals surface area contributed by atoms with Crippen molar-refractivity contribution in [1.29, 1.82) is 0 Å². The van der Waals surface area contributed by atoms with E-state index >= 15 is 0 Å². The van der Waals surface area contributed by atoms with E-state index in [1.54, 1.807) is 7.11 Å². The fraction of sp³-hybridized carbons (Fsp3) is 0.462. The molecule has 0 spiro atoms. The van der Waals surface area contributed by atoms with Gasteiger partial charge in [0.1, 0.15) is 5.60 Å². The number of carbonyl (C=O) groups is 1. The molecule has 4 nitrogen and oxygen atoms in total. The molecule has 0 bridgehead atoms. The number of nitrogens with two attached hydrogens (primary N) is 1. The number of methoxy groups -OCH3 is 1. The monoisotopic (exact) mass is 234 g/mol. The van der Waals surface area contributed by atoms with Crippen molar-refractivity contribution < 1.29 is 9.53 Å². The quantitative estimate of drug-likeness (QED) is 0.816. The van der Waals surface area contributed by atoms with Gasteiger partial charge in [0.2, 0.25) is 5.91 Å². The summed E-state index contributed by atoms with van der Waals surface area (Å²) in [4.78, 5) is 12.9. The van der Waals surface area contributed by atoms with Crippen LogP contribution in [0.5, 0.6) is 0 Å². The predicted molar refractivity (Wildman–Crippen MR) is 65.4 cm³/mol. The number of benzene rings is 1. The first-order valence-electron chi connectivity index (χ1n) is 5.78. The zero-order valence-corrected chi connectivity index (χ0v) is 10.1. The van der Waals surface area contributed by atoms with Gasteiger partial charge in [-0.05, 0) is 5.56 Å². The SMILES string of the molecule is COC1(c2ccccc2)CN(CCC(N)=O)C1. The summed E-state index contributed by atoms with van der Waals surface area (Å²) in [5, 5.41) is 0. The molecule has 0 aliphatic carbocycles. The fourth-order valence-corrected chi connectivity index (χ4v) is 2.27. The van der Waals surface area contributed by atoms with Gasteiger partial charge in [-0.15, -0.1) is 0 Å². The molecule has 4 heteroatoms. The van der Waals surface area contributed by atoms with E-state index in [-0.39, 0.29) is 11.5 Å². The summed E-state index contributed by atoms with van der Waals surface area (Å²) in [6, 6.07) is 10.2. The maximum absolute atomic E-state index is 10.7. The summed E-state index contributed by atoms with van der Waals surface area (Å²) in [6.07, 6.45) is 0.411. The van der Waals surface area contributed by atoms with Gasteiger partial charge in [0.05, 0.1) is 0 Å². The average Bonchev–Trinajstić information content (AvgIpc) is 2.29. The molecule has 1 amide bonds. The van der Waals surface area contributed by atoms with Crippen molar-refractivity contribution in [2.24, 2.45) is 5.73 Å². The normalized spacial score (nSPS) is 18.6. The van der Waals surface area contributed by atoms with Gasteiger partial charge in [0.15, 0.2) is 0 Å². The number of nitrogens with zero attached hydrogens (tertiary/aromatic N) is 1. The molecule has 0 radical (unpaired) electrons. The number of primary amides is 1. The Morgan fingerprint density at radius 1 is 1.41 bits per heavy atom. The Morgan fingerprint density at radius 2 is 2.06 bits per heavy atom. The molecule has 92 valence electrons. The van der Waals surface area contributed by atoms with Crippen LogP contribution < -0.4 is 5.73 Å². The molecule has 2 N–H and O–H groups in total. The zero-order valence-electron chi connectivity index (χ0n) is 10.1. The van der Waals surface area contributed by atoms with Crippen molar-refractivity contribution >= 4 is 5.91 Å². The lowest BCUT2D eigenvalue weighted by Crippen LogP contribution is -2.60. The van der Waals surface area contributed by atoms with Crippen molar-refractivity contribution in [3.63, 3.8) is 0 Å². The number of hydrogen-bond acceptors (Lipinski definition) is 3. The fourth-order valence-electron chi connectivity index (χ4n) is 2.27. The highest BCUT2D eigenvalue weighted by Crippen LogP contribution is 2.34. The van der Waals surface area contributed by atoms with Crippen molar-refractivity contribution in [3.05, 3.63) is 35.9 Å². The van der Waals surface area contributed by atoms with Gasteiger partial charge in [-0.3, -0.25) is 9.69 Å². The first-order chi connectivity index (χ1) is 8.16. The van der Waals surface area contributed by atoms with Crippen LogP contribution in [0.2, 0.25) is 0 Å². The lowest BCUT2D eigenvalue weighted by molar-refractivity contribution is -0.135. The zero-order chi connectivity index (χ0) is 12.3. The van der Waals surface area contributed by atoms with Crippen molar-refractivity contribution in [3.8, 4) is 0 Å². The largest absolute Gasteiger partial charge is 0.371 e. The lowest BCUT2D eigenvalue weighted by Gasteiger charge is -2.49. The molecule has 2 rings (SSSR count). The van der Waals surface area contributed by atoms with Crippen LogP contribution in [0.1, 0.15) is 12.0 Å². The van der Waals surface area contributed by atoms with E-state index < -0.39 is 0 Å². The second-order valence-corrected chi connectivity index (χ2v) is 4.49. The molecule has 1 saturated heterocycles. The highest BCUT2D eigenvalue weighted by molar-refractivity contribution is 5.73. The van der Waals surface area contributed by atoms with Gasteiger partial charge in [0, 0.05) is 33.2 Å². The summed E-state index contributed by atoms with van der Waals surface area (Å²) in [6.45, 7) is 2.36. The van der Waals surface area contributed by atoms with Crippen LogP contribution in [-0.2, 0) is 15.1 Å². The highest BCUT2D eigenvalue weighted by atomic mass is 16.5. The topological polar surface area (TPSA) is 55.6 Å². The number of amides is 1. The van der Waals surface area contributed by atoms with Gasteiger partial charge in [0.25, 0.3) is 0 Å². The minimum Gasteiger partial charge on any atom is -0.371 e. The third kappa shape index (κ3) is 2.48.